The van der Waals surface area contributed by atoms with Crippen LogP contribution in [0, 0.1) is 0 Å². The number of hydrogen-bond donors (Lipinski definition) is 2. The molecule has 0 atom stereocenters. The van der Waals surface area contributed by atoms with Crippen LogP contribution in [0.25, 0.3) is 11.3 Å². The van der Waals surface area contributed by atoms with Gasteiger partial charge in [0.15, 0.2) is 0 Å². The van der Waals surface area contributed by atoms with Crippen LogP contribution in [0.15, 0.2) is 29.1 Å². The van der Waals surface area contributed by atoms with Gasteiger partial charge in [0.25, 0.3) is 0 Å². The van der Waals surface area contributed by atoms with Crippen LogP contribution in [-0.2, 0) is 0 Å². The summed E-state index contributed by atoms with van der Waals surface area (Å²) < 4.78 is 4.91. The lowest BCUT2D eigenvalue weighted by Gasteiger charge is -1.99. The lowest BCUT2D eigenvalue weighted by Crippen LogP contribution is -2.00. The minimum Gasteiger partial charge on any atom is -0.472 e. The van der Waals surface area contributed by atoms with Gasteiger partial charge in [0.05, 0.1) is 18.2 Å². The molecule has 0 aliphatic rings. The second kappa shape index (κ2) is 2.78. The quantitative estimate of drug-likeness (QED) is 0.673. The van der Waals surface area contributed by atoms with Gasteiger partial charge in [-0.1, -0.05) is 0 Å². The van der Waals surface area contributed by atoms with E-state index in [1.165, 1.54) is 0 Å². The van der Waals surface area contributed by atoms with Gasteiger partial charge in [-0.15, -0.1) is 0 Å². The smallest absolute Gasteiger partial charge is 0.222 e. The van der Waals surface area contributed by atoms with Gasteiger partial charge in [0.2, 0.25) is 5.95 Å². The molecule has 2 aromatic heterocycles. The van der Waals surface area contributed by atoms with E-state index in [0.717, 1.165) is 5.56 Å². The second-order valence-electron chi connectivity index (χ2n) is 2.55. The van der Waals surface area contributed by atoms with Crippen molar-refractivity contribution in [2.75, 3.05) is 11.5 Å². The highest BCUT2D eigenvalue weighted by Crippen LogP contribution is 2.19. The summed E-state index contributed by atoms with van der Waals surface area (Å²) in [7, 11) is 0. The zero-order chi connectivity index (χ0) is 9.26. The molecule has 0 unspecified atom stereocenters. The van der Waals surface area contributed by atoms with Crippen LogP contribution in [0.5, 0.6) is 0 Å². The summed E-state index contributed by atoms with van der Waals surface area (Å²) in [6, 6.07) is 3.42. The topological polar surface area (TPSA) is 91.0 Å². The van der Waals surface area contributed by atoms with Crippen molar-refractivity contribution in [1.82, 2.24) is 9.97 Å². The van der Waals surface area contributed by atoms with Crippen molar-refractivity contribution < 1.29 is 4.42 Å². The van der Waals surface area contributed by atoms with Crippen LogP contribution < -0.4 is 11.5 Å². The summed E-state index contributed by atoms with van der Waals surface area (Å²) >= 11 is 0. The van der Waals surface area contributed by atoms with Crippen LogP contribution in [0.2, 0.25) is 0 Å². The fourth-order valence-electron chi connectivity index (χ4n) is 1.04. The first-order chi connectivity index (χ1) is 6.25. The van der Waals surface area contributed by atoms with E-state index >= 15 is 0 Å². The number of hydrogen-bond acceptors (Lipinski definition) is 5. The number of rotatable bonds is 1. The van der Waals surface area contributed by atoms with Crippen LogP contribution in [-0.4, -0.2) is 9.97 Å². The lowest BCUT2D eigenvalue weighted by atomic mass is 10.2. The van der Waals surface area contributed by atoms with Crippen LogP contribution in [0.3, 0.4) is 0 Å². The summed E-state index contributed by atoms with van der Waals surface area (Å²) in [5.41, 5.74) is 12.4. The largest absolute Gasteiger partial charge is 0.472 e. The molecule has 4 N–H and O–H groups in total. The zero-order valence-electron chi connectivity index (χ0n) is 6.77. The van der Waals surface area contributed by atoms with Gasteiger partial charge in [-0.25, -0.2) is 4.98 Å². The van der Waals surface area contributed by atoms with Crippen molar-refractivity contribution >= 4 is 11.8 Å². The molecule has 0 saturated heterocycles. The van der Waals surface area contributed by atoms with E-state index < -0.39 is 0 Å². The van der Waals surface area contributed by atoms with Crippen molar-refractivity contribution in [1.29, 1.82) is 0 Å². The lowest BCUT2D eigenvalue weighted by molar-refractivity contribution is 0.568. The number of nitrogen functional groups attached to an aromatic ring is 2. The van der Waals surface area contributed by atoms with Crippen molar-refractivity contribution in [2.45, 2.75) is 0 Å². The molecule has 0 fully saturated rings. The van der Waals surface area contributed by atoms with E-state index in [-0.39, 0.29) is 5.95 Å². The normalized spacial score (nSPS) is 10.2. The number of anilines is 2. The summed E-state index contributed by atoms with van der Waals surface area (Å²) in [6.45, 7) is 0. The molecule has 0 aromatic carbocycles. The molecule has 0 aliphatic carbocycles. The molecule has 5 heteroatoms. The molecule has 0 bridgehead atoms. The highest BCUT2D eigenvalue weighted by atomic mass is 16.3. The Morgan fingerprint density at radius 1 is 1.23 bits per heavy atom. The molecule has 5 nitrogen and oxygen atoms in total. The van der Waals surface area contributed by atoms with Gasteiger partial charge in [-0.05, 0) is 6.07 Å². The molecule has 0 saturated carbocycles. The molecule has 0 spiro atoms. The third-order valence-corrected chi connectivity index (χ3v) is 1.58. The van der Waals surface area contributed by atoms with E-state index in [4.69, 9.17) is 15.9 Å². The van der Waals surface area contributed by atoms with Crippen LogP contribution >= 0.6 is 0 Å². The summed E-state index contributed by atoms with van der Waals surface area (Å²) in [5, 5.41) is 0. The number of furan rings is 1. The molecule has 0 radical (unpaired) electrons. The number of nitrogens with zero attached hydrogens (tertiary/aromatic N) is 2. The second-order valence-corrected chi connectivity index (χ2v) is 2.55. The van der Waals surface area contributed by atoms with Crippen molar-refractivity contribution in [3.05, 3.63) is 24.7 Å². The van der Waals surface area contributed by atoms with Crippen molar-refractivity contribution in [3.63, 3.8) is 0 Å². The van der Waals surface area contributed by atoms with Gasteiger partial charge in [-0.2, -0.15) is 4.98 Å². The Hall–Kier alpha value is -2.04. The third kappa shape index (κ3) is 1.44. The minimum absolute atomic E-state index is 0.163. The number of aromatic nitrogens is 2. The Morgan fingerprint density at radius 2 is 2.08 bits per heavy atom. The van der Waals surface area contributed by atoms with E-state index in [9.17, 15) is 0 Å². The first-order valence-corrected chi connectivity index (χ1v) is 3.68. The van der Waals surface area contributed by atoms with E-state index in [1.54, 1.807) is 24.7 Å². The third-order valence-electron chi connectivity index (χ3n) is 1.58. The molecule has 13 heavy (non-hydrogen) atoms. The molecule has 0 amide bonds. The fraction of sp³-hybridized carbons (Fsp3) is 0. The Balaban J connectivity index is 2.53. The van der Waals surface area contributed by atoms with E-state index in [1.807, 2.05) is 0 Å². The molecule has 66 valence electrons. The fourth-order valence-corrected chi connectivity index (χ4v) is 1.04. The van der Waals surface area contributed by atoms with E-state index in [2.05, 4.69) is 9.97 Å². The highest BCUT2D eigenvalue weighted by molar-refractivity contribution is 5.61. The molecule has 2 rings (SSSR count). The maximum atomic E-state index is 5.50. The van der Waals surface area contributed by atoms with Gasteiger partial charge in [-0.3, -0.25) is 0 Å². The van der Waals surface area contributed by atoms with Crippen molar-refractivity contribution in [2.24, 2.45) is 0 Å². The minimum atomic E-state index is 0.163. The van der Waals surface area contributed by atoms with Crippen LogP contribution in [0.1, 0.15) is 0 Å². The molecular formula is C8H8N4O. The molecule has 0 aliphatic heterocycles. The Kier molecular flexibility index (Phi) is 1.63. The average molecular weight is 176 g/mol. The van der Waals surface area contributed by atoms with Gasteiger partial charge >= 0.3 is 0 Å². The first-order valence-electron chi connectivity index (χ1n) is 3.68. The van der Waals surface area contributed by atoms with Gasteiger partial charge < -0.3 is 15.9 Å². The van der Waals surface area contributed by atoms with Gasteiger partial charge in [0.1, 0.15) is 5.82 Å². The maximum Gasteiger partial charge on any atom is 0.222 e. The SMILES string of the molecule is Nc1cc(-c2ccoc2)nc(N)n1. The molecular weight excluding hydrogens is 168 g/mol. The predicted octanol–water partition coefficient (Wildman–Crippen LogP) is 0.901. The Morgan fingerprint density at radius 3 is 2.69 bits per heavy atom. The van der Waals surface area contributed by atoms with Crippen molar-refractivity contribution in [3.8, 4) is 11.3 Å². The summed E-state index contributed by atoms with van der Waals surface area (Å²) in [6.07, 6.45) is 3.13. The van der Waals surface area contributed by atoms with Crippen LogP contribution in [0.4, 0.5) is 11.8 Å². The first kappa shape index (κ1) is 7.60. The van der Waals surface area contributed by atoms with E-state index in [0.29, 0.717) is 11.5 Å². The predicted molar refractivity (Wildman–Crippen MR) is 48.6 cm³/mol. The maximum absolute atomic E-state index is 5.50. The highest BCUT2D eigenvalue weighted by Gasteiger charge is 2.03. The monoisotopic (exact) mass is 176 g/mol. The Labute approximate surface area is 74.4 Å². The summed E-state index contributed by atoms with van der Waals surface area (Å²) in [5.74, 6) is 0.514. The number of nitrogens with two attached hydrogens (primary N) is 2. The van der Waals surface area contributed by atoms with Gasteiger partial charge in [0, 0.05) is 11.6 Å². The summed E-state index contributed by atoms with van der Waals surface area (Å²) in [4.78, 5) is 7.76. The molecule has 2 aromatic rings. The average Bonchev–Trinajstić information content (AvgIpc) is 2.53. The standard InChI is InChI=1S/C8H8N4O/c9-7-3-6(11-8(10)12-7)5-1-2-13-4-5/h1-4H,(H4,9,10,11,12). The molecule has 2 heterocycles. The zero-order valence-corrected chi connectivity index (χ0v) is 6.77. The Bertz CT molecular complexity index is 390.